The van der Waals surface area contributed by atoms with E-state index in [9.17, 15) is 4.79 Å². The van der Waals surface area contributed by atoms with Gasteiger partial charge in [0.1, 0.15) is 11.5 Å². The van der Waals surface area contributed by atoms with Crippen molar-refractivity contribution in [3.05, 3.63) is 58.7 Å². The van der Waals surface area contributed by atoms with E-state index in [1.807, 2.05) is 18.2 Å². The predicted octanol–water partition coefficient (Wildman–Crippen LogP) is 3.03. The molecule has 0 radical (unpaired) electrons. The second-order valence-electron chi connectivity index (χ2n) is 8.08. The normalized spacial score (nSPS) is 25.6. The summed E-state index contributed by atoms with van der Waals surface area (Å²) >= 11 is 0. The Morgan fingerprint density at radius 1 is 1.18 bits per heavy atom. The van der Waals surface area contributed by atoms with Crippen LogP contribution in [0.25, 0.3) is 0 Å². The number of amides is 1. The molecule has 2 aromatic rings. The predicted molar refractivity (Wildman–Crippen MR) is 107 cm³/mol. The number of nitrogens with one attached hydrogen (secondary N) is 2. The van der Waals surface area contributed by atoms with Crippen LogP contribution in [-0.4, -0.2) is 31.7 Å². The van der Waals surface area contributed by atoms with Crippen LogP contribution in [0.3, 0.4) is 0 Å². The average Bonchev–Trinajstić information content (AvgIpc) is 3.33. The Labute approximate surface area is 165 Å². The maximum atomic E-state index is 11.9. The van der Waals surface area contributed by atoms with E-state index in [0.717, 1.165) is 48.6 Å². The van der Waals surface area contributed by atoms with Crippen LogP contribution in [-0.2, 0) is 13.0 Å². The van der Waals surface area contributed by atoms with E-state index >= 15 is 0 Å². The average molecular weight is 378 g/mol. The Morgan fingerprint density at radius 3 is 3.04 bits per heavy atom. The number of carbonyl (C=O) groups excluding carboxylic acids is 1. The van der Waals surface area contributed by atoms with Gasteiger partial charge in [-0.2, -0.15) is 0 Å². The lowest BCUT2D eigenvalue weighted by atomic mass is 9.77. The minimum atomic E-state index is -0.00797. The molecule has 0 aromatic heterocycles. The van der Waals surface area contributed by atoms with Crippen molar-refractivity contribution in [1.29, 1.82) is 0 Å². The van der Waals surface area contributed by atoms with Crippen molar-refractivity contribution in [2.75, 3.05) is 19.8 Å². The monoisotopic (exact) mass is 378 g/mol. The third-order valence-electron chi connectivity index (χ3n) is 6.43. The van der Waals surface area contributed by atoms with Crippen molar-refractivity contribution in [3.63, 3.8) is 0 Å². The van der Waals surface area contributed by atoms with Gasteiger partial charge in [0.25, 0.3) is 5.91 Å². The highest BCUT2D eigenvalue weighted by Gasteiger charge is 2.33. The quantitative estimate of drug-likeness (QED) is 0.859. The third-order valence-corrected chi connectivity index (χ3v) is 6.43. The lowest BCUT2D eigenvalue weighted by Gasteiger charge is -2.37. The highest BCUT2D eigenvalue weighted by atomic mass is 16.5. The molecule has 3 heterocycles. The van der Waals surface area contributed by atoms with E-state index in [2.05, 4.69) is 35.8 Å². The molecule has 3 aliphatic rings. The molecular formula is C23H26N2O3. The standard InChI is InChI=1S/C23H26N2O3/c1-14-21(13-28-18-4-2-17-12-25-23(26)20(17)11-18)19(6-8-24-14)15-3-5-22-16(10-15)7-9-27-22/h2-5,10-11,14,19,21,24H,6-9,12-13H2,1H3,(H,25,26)/t14-,19+,21-/m1/s1. The summed E-state index contributed by atoms with van der Waals surface area (Å²) in [6.07, 6.45) is 2.10. The van der Waals surface area contributed by atoms with Crippen LogP contribution in [0.5, 0.6) is 11.5 Å². The first-order valence-electron chi connectivity index (χ1n) is 10.2. The van der Waals surface area contributed by atoms with Gasteiger partial charge in [0.2, 0.25) is 0 Å². The largest absolute Gasteiger partial charge is 0.493 e. The van der Waals surface area contributed by atoms with Crippen molar-refractivity contribution in [2.45, 2.75) is 38.3 Å². The minimum absolute atomic E-state index is 0.00797. The van der Waals surface area contributed by atoms with E-state index in [4.69, 9.17) is 9.47 Å². The molecule has 3 atom stereocenters. The molecule has 0 bridgehead atoms. The highest BCUT2D eigenvalue weighted by molar-refractivity contribution is 5.98. The molecule has 0 spiro atoms. The van der Waals surface area contributed by atoms with Crippen molar-refractivity contribution < 1.29 is 14.3 Å². The van der Waals surface area contributed by atoms with Gasteiger partial charge in [-0.1, -0.05) is 18.2 Å². The molecule has 5 heteroatoms. The van der Waals surface area contributed by atoms with Crippen LogP contribution in [0.15, 0.2) is 36.4 Å². The van der Waals surface area contributed by atoms with Gasteiger partial charge in [-0.05, 0) is 60.7 Å². The fourth-order valence-corrected chi connectivity index (χ4v) is 4.77. The number of hydrogen-bond acceptors (Lipinski definition) is 4. The van der Waals surface area contributed by atoms with Crippen LogP contribution in [0, 0.1) is 5.92 Å². The zero-order valence-electron chi connectivity index (χ0n) is 16.2. The molecule has 28 heavy (non-hydrogen) atoms. The summed E-state index contributed by atoms with van der Waals surface area (Å²) in [5, 5.41) is 6.46. The van der Waals surface area contributed by atoms with E-state index in [0.29, 0.717) is 31.0 Å². The van der Waals surface area contributed by atoms with Crippen LogP contribution in [0.4, 0.5) is 0 Å². The molecule has 1 fully saturated rings. The van der Waals surface area contributed by atoms with Gasteiger partial charge in [-0.3, -0.25) is 4.79 Å². The molecule has 1 amide bonds. The topological polar surface area (TPSA) is 59.6 Å². The van der Waals surface area contributed by atoms with Crippen molar-refractivity contribution in [3.8, 4) is 11.5 Å². The van der Waals surface area contributed by atoms with E-state index in [1.54, 1.807) is 0 Å². The van der Waals surface area contributed by atoms with Crippen LogP contribution < -0.4 is 20.1 Å². The molecule has 0 saturated carbocycles. The molecule has 0 aliphatic carbocycles. The van der Waals surface area contributed by atoms with Crippen LogP contribution in [0.2, 0.25) is 0 Å². The smallest absolute Gasteiger partial charge is 0.252 e. The van der Waals surface area contributed by atoms with Gasteiger partial charge >= 0.3 is 0 Å². The molecule has 2 aromatic carbocycles. The molecule has 2 N–H and O–H groups in total. The summed E-state index contributed by atoms with van der Waals surface area (Å²) in [5.74, 6) is 2.63. The fourth-order valence-electron chi connectivity index (χ4n) is 4.77. The molecule has 0 unspecified atom stereocenters. The lowest BCUT2D eigenvalue weighted by molar-refractivity contribution is 0.0965. The van der Waals surface area contributed by atoms with Crippen molar-refractivity contribution >= 4 is 5.91 Å². The lowest BCUT2D eigenvalue weighted by Crippen LogP contribution is -2.45. The van der Waals surface area contributed by atoms with Gasteiger partial charge in [-0.25, -0.2) is 0 Å². The molecule has 3 aliphatic heterocycles. The molecule has 5 rings (SSSR count). The van der Waals surface area contributed by atoms with Gasteiger partial charge in [0, 0.05) is 30.5 Å². The molecular weight excluding hydrogens is 352 g/mol. The molecule has 1 saturated heterocycles. The highest BCUT2D eigenvalue weighted by Crippen LogP contribution is 2.37. The summed E-state index contributed by atoms with van der Waals surface area (Å²) in [6, 6.07) is 12.9. The number of fused-ring (bicyclic) bond motifs is 2. The zero-order valence-corrected chi connectivity index (χ0v) is 16.2. The van der Waals surface area contributed by atoms with Gasteiger partial charge in [0.15, 0.2) is 0 Å². The maximum absolute atomic E-state index is 11.9. The first kappa shape index (κ1) is 17.6. The Bertz CT molecular complexity index is 911. The van der Waals surface area contributed by atoms with E-state index in [1.165, 1.54) is 11.1 Å². The summed E-state index contributed by atoms with van der Waals surface area (Å²) in [4.78, 5) is 11.9. The SMILES string of the molecule is C[C@H]1NCC[C@@H](c2ccc3c(c2)CCO3)[C@@H]1COc1ccc2c(c1)C(=O)NC2. The first-order valence-corrected chi connectivity index (χ1v) is 10.2. The summed E-state index contributed by atoms with van der Waals surface area (Å²) in [6.45, 7) is 5.30. The van der Waals surface area contributed by atoms with Crippen molar-refractivity contribution in [2.24, 2.45) is 5.92 Å². The van der Waals surface area contributed by atoms with E-state index in [-0.39, 0.29) is 5.91 Å². The van der Waals surface area contributed by atoms with Gasteiger partial charge in [0.05, 0.1) is 13.2 Å². The van der Waals surface area contributed by atoms with Crippen LogP contribution in [0.1, 0.15) is 46.3 Å². The van der Waals surface area contributed by atoms with Crippen LogP contribution >= 0.6 is 0 Å². The van der Waals surface area contributed by atoms with E-state index < -0.39 is 0 Å². The Morgan fingerprint density at radius 2 is 2.11 bits per heavy atom. The van der Waals surface area contributed by atoms with Crippen molar-refractivity contribution in [1.82, 2.24) is 10.6 Å². The summed E-state index contributed by atoms with van der Waals surface area (Å²) < 4.78 is 11.9. The summed E-state index contributed by atoms with van der Waals surface area (Å²) in [7, 11) is 0. The Hall–Kier alpha value is -2.53. The number of carbonyl (C=O) groups is 1. The molecule has 146 valence electrons. The fraction of sp³-hybridized carbons (Fsp3) is 0.435. The van der Waals surface area contributed by atoms with Gasteiger partial charge in [-0.15, -0.1) is 0 Å². The number of piperidine rings is 1. The Balaban J connectivity index is 1.35. The number of rotatable bonds is 4. The second-order valence-corrected chi connectivity index (χ2v) is 8.08. The number of hydrogen-bond donors (Lipinski definition) is 2. The maximum Gasteiger partial charge on any atom is 0.252 e. The third kappa shape index (κ3) is 3.14. The molecule has 5 nitrogen and oxygen atoms in total. The Kier molecular flexibility index (Phi) is 4.47. The van der Waals surface area contributed by atoms with Gasteiger partial charge < -0.3 is 20.1 Å². The second kappa shape index (κ2) is 7.13. The first-order chi connectivity index (χ1) is 13.7. The summed E-state index contributed by atoms with van der Waals surface area (Å²) in [5.41, 5.74) is 4.50. The zero-order chi connectivity index (χ0) is 19.1. The minimum Gasteiger partial charge on any atom is -0.493 e. The number of benzene rings is 2. The number of ether oxygens (including phenoxy) is 2.